The second kappa shape index (κ2) is 6.02. The van der Waals surface area contributed by atoms with Gasteiger partial charge in [-0.15, -0.1) is 0 Å². The molecule has 0 radical (unpaired) electrons. The molecule has 0 aromatic heterocycles. The van der Waals surface area contributed by atoms with Gasteiger partial charge >= 0.3 is 5.97 Å². The molecule has 0 saturated carbocycles. The predicted octanol–water partition coefficient (Wildman–Crippen LogP) is 2.12. The molecule has 0 rings (SSSR count). The summed E-state index contributed by atoms with van der Waals surface area (Å²) in [7, 11) is 0. The third-order valence-electron chi connectivity index (χ3n) is 2.29. The summed E-state index contributed by atoms with van der Waals surface area (Å²) in [4.78, 5) is 10.8. The summed E-state index contributed by atoms with van der Waals surface area (Å²) in [5.41, 5.74) is -0.584. The fraction of sp³-hybridized carbons (Fsp3) is 0.909. The summed E-state index contributed by atoms with van der Waals surface area (Å²) in [5, 5.41) is 12.2. The van der Waals surface area contributed by atoms with Crippen LogP contribution in [0.2, 0.25) is 0 Å². The molecule has 0 spiro atoms. The quantitative estimate of drug-likeness (QED) is 0.620. The highest BCUT2D eigenvalue weighted by molar-refractivity contribution is 5.73. The van der Waals surface area contributed by atoms with Crippen molar-refractivity contribution in [1.29, 1.82) is 0 Å². The van der Waals surface area contributed by atoms with Gasteiger partial charge in [0.05, 0.1) is 5.41 Å². The minimum atomic E-state index is -0.707. The van der Waals surface area contributed by atoms with E-state index in [-0.39, 0.29) is 0 Å². The molecule has 2 N–H and O–H groups in total. The van der Waals surface area contributed by atoms with Crippen LogP contribution in [0.5, 0.6) is 0 Å². The van der Waals surface area contributed by atoms with Crippen LogP contribution in [0.3, 0.4) is 0 Å². The smallest absolute Gasteiger partial charge is 0.309 e. The fourth-order valence-corrected chi connectivity index (χ4v) is 1.15. The van der Waals surface area contributed by atoms with Crippen LogP contribution in [0, 0.1) is 11.3 Å². The molecular weight excluding hydrogens is 178 g/mol. The Bertz CT molecular complexity index is 176. The molecule has 3 nitrogen and oxygen atoms in total. The van der Waals surface area contributed by atoms with Gasteiger partial charge in [-0.2, -0.15) is 0 Å². The molecule has 0 saturated heterocycles. The standard InChI is InChI=1S/C11H23NO2/c1-9(2)8-12-7-5-6-11(3,4)10(13)14/h9,12H,5-8H2,1-4H3,(H,13,14). The van der Waals surface area contributed by atoms with Crippen molar-refractivity contribution >= 4 is 5.97 Å². The third kappa shape index (κ3) is 5.97. The first-order valence-corrected chi connectivity index (χ1v) is 5.30. The van der Waals surface area contributed by atoms with E-state index in [1.165, 1.54) is 0 Å². The fourth-order valence-electron chi connectivity index (χ4n) is 1.15. The van der Waals surface area contributed by atoms with E-state index in [1.807, 2.05) is 0 Å². The van der Waals surface area contributed by atoms with Gasteiger partial charge in [0.1, 0.15) is 0 Å². The lowest BCUT2D eigenvalue weighted by atomic mass is 9.88. The lowest BCUT2D eigenvalue weighted by Gasteiger charge is -2.18. The highest BCUT2D eigenvalue weighted by Gasteiger charge is 2.25. The monoisotopic (exact) mass is 201 g/mol. The number of carboxylic acids is 1. The van der Waals surface area contributed by atoms with Gasteiger partial charge in [0, 0.05) is 0 Å². The Morgan fingerprint density at radius 3 is 2.43 bits per heavy atom. The summed E-state index contributed by atoms with van der Waals surface area (Å²) in [6.45, 7) is 9.79. The zero-order chi connectivity index (χ0) is 11.2. The Kier molecular flexibility index (Phi) is 5.77. The van der Waals surface area contributed by atoms with E-state index >= 15 is 0 Å². The van der Waals surface area contributed by atoms with Crippen molar-refractivity contribution in [3.63, 3.8) is 0 Å². The van der Waals surface area contributed by atoms with Crippen molar-refractivity contribution in [2.75, 3.05) is 13.1 Å². The number of hydrogen-bond donors (Lipinski definition) is 2. The first-order chi connectivity index (χ1) is 6.36. The lowest BCUT2D eigenvalue weighted by Crippen LogP contribution is -2.26. The third-order valence-corrected chi connectivity index (χ3v) is 2.29. The van der Waals surface area contributed by atoms with Gasteiger partial charge in [-0.05, 0) is 45.7 Å². The van der Waals surface area contributed by atoms with Crippen molar-refractivity contribution in [2.24, 2.45) is 11.3 Å². The van der Waals surface area contributed by atoms with Gasteiger partial charge in [0.25, 0.3) is 0 Å². The molecule has 0 aliphatic rings. The molecular formula is C11H23NO2. The molecule has 0 aliphatic carbocycles. The normalized spacial score (nSPS) is 12.1. The van der Waals surface area contributed by atoms with Crippen molar-refractivity contribution in [1.82, 2.24) is 5.32 Å². The van der Waals surface area contributed by atoms with Gasteiger partial charge in [-0.1, -0.05) is 13.8 Å². The molecule has 14 heavy (non-hydrogen) atoms. The molecule has 0 unspecified atom stereocenters. The Hall–Kier alpha value is -0.570. The highest BCUT2D eigenvalue weighted by atomic mass is 16.4. The zero-order valence-corrected chi connectivity index (χ0v) is 9.76. The second-order valence-corrected chi connectivity index (χ2v) is 4.89. The van der Waals surface area contributed by atoms with Gasteiger partial charge in [-0.25, -0.2) is 0 Å². The minimum absolute atomic E-state index is 0.584. The van der Waals surface area contributed by atoms with Crippen LogP contribution in [0.4, 0.5) is 0 Å². The number of carboxylic acid groups (broad SMARTS) is 1. The maximum absolute atomic E-state index is 10.8. The van der Waals surface area contributed by atoms with Crippen molar-refractivity contribution < 1.29 is 9.90 Å². The van der Waals surface area contributed by atoms with Crippen molar-refractivity contribution in [3.05, 3.63) is 0 Å². The predicted molar refractivity (Wildman–Crippen MR) is 58.4 cm³/mol. The topological polar surface area (TPSA) is 49.3 Å². The molecule has 0 atom stereocenters. The summed E-state index contributed by atoms with van der Waals surface area (Å²) in [6.07, 6.45) is 1.65. The molecule has 0 heterocycles. The molecule has 0 amide bonds. The minimum Gasteiger partial charge on any atom is -0.481 e. The van der Waals surface area contributed by atoms with Gasteiger partial charge in [0.15, 0.2) is 0 Å². The van der Waals surface area contributed by atoms with Crippen LogP contribution in [0.1, 0.15) is 40.5 Å². The van der Waals surface area contributed by atoms with E-state index in [0.29, 0.717) is 5.92 Å². The van der Waals surface area contributed by atoms with E-state index in [2.05, 4.69) is 19.2 Å². The van der Waals surface area contributed by atoms with E-state index in [4.69, 9.17) is 5.11 Å². The molecule has 3 heteroatoms. The lowest BCUT2D eigenvalue weighted by molar-refractivity contribution is -0.147. The first kappa shape index (κ1) is 13.4. The Morgan fingerprint density at radius 1 is 1.43 bits per heavy atom. The van der Waals surface area contributed by atoms with Gasteiger partial charge in [0.2, 0.25) is 0 Å². The number of rotatable bonds is 7. The molecule has 84 valence electrons. The average Bonchev–Trinajstić information content (AvgIpc) is 2.02. The van der Waals surface area contributed by atoms with Crippen LogP contribution in [0.15, 0.2) is 0 Å². The summed E-state index contributed by atoms with van der Waals surface area (Å²) >= 11 is 0. The first-order valence-electron chi connectivity index (χ1n) is 5.30. The van der Waals surface area contributed by atoms with Crippen LogP contribution in [0.25, 0.3) is 0 Å². The Labute approximate surface area is 86.9 Å². The zero-order valence-electron chi connectivity index (χ0n) is 9.76. The largest absolute Gasteiger partial charge is 0.481 e. The summed E-state index contributed by atoms with van der Waals surface area (Å²) in [5.74, 6) is -0.0520. The molecule has 0 fully saturated rings. The van der Waals surface area contributed by atoms with E-state index in [1.54, 1.807) is 13.8 Å². The average molecular weight is 201 g/mol. The van der Waals surface area contributed by atoms with Gasteiger partial charge < -0.3 is 10.4 Å². The summed E-state index contributed by atoms with van der Waals surface area (Å²) < 4.78 is 0. The van der Waals surface area contributed by atoms with Crippen molar-refractivity contribution in [2.45, 2.75) is 40.5 Å². The van der Waals surface area contributed by atoms with E-state index in [9.17, 15) is 4.79 Å². The highest BCUT2D eigenvalue weighted by Crippen LogP contribution is 2.21. The molecule has 0 bridgehead atoms. The number of carbonyl (C=O) groups is 1. The van der Waals surface area contributed by atoms with Crippen LogP contribution in [-0.2, 0) is 4.79 Å². The van der Waals surface area contributed by atoms with Gasteiger partial charge in [-0.3, -0.25) is 4.79 Å². The van der Waals surface area contributed by atoms with E-state index < -0.39 is 11.4 Å². The second-order valence-electron chi connectivity index (χ2n) is 4.89. The number of nitrogens with one attached hydrogen (secondary N) is 1. The van der Waals surface area contributed by atoms with Crippen LogP contribution < -0.4 is 5.32 Å². The number of hydrogen-bond acceptors (Lipinski definition) is 2. The molecule has 0 aliphatic heterocycles. The number of aliphatic carboxylic acids is 1. The molecule has 0 aromatic carbocycles. The maximum Gasteiger partial charge on any atom is 0.309 e. The Morgan fingerprint density at radius 2 is 2.00 bits per heavy atom. The van der Waals surface area contributed by atoms with Crippen LogP contribution >= 0.6 is 0 Å². The SMILES string of the molecule is CC(C)CNCCCC(C)(C)C(=O)O. The maximum atomic E-state index is 10.8. The van der Waals surface area contributed by atoms with Crippen molar-refractivity contribution in [3.8, 4) is 0 Å². The Balaban J connectivity index is 3.49. The van der Waals surface area contributed by atoms with E-state index in [0.717, 1.165) is 25.9 Å². The molecule has 0 aromatic rings. The summed E-state index contributed by atoms with van der Waals surface area (Å²) in [6, 6.07) is 0. The van der Waals surface area contributed by atoms with Crippen LogP contribution in [-0.4, -0.2) is 24.2 Å².